The van der Waals surface area contributed by atoms with Crippen LogP contribution in [0.1, 0.15) is 13.8 Å². The van der Waals surface area contributed by atoms with Crippen LogP contribution in [0.25, 0.3) is 0 Å². The van der Waals surface area contributed by atoms with Crippen LogP contribution in [0.2, 0.25) is 0 Å². The maximum atomic E-state index is 5.30. The highest BCUT2D eigenvalue weighted by Crippen LogP contribution is 2.25. The summed E-state index contributed by atoms with van der Waals surface area (Å²) in [5.74, 6) is -0.441. The van der Waals surface area contributed by atoms with E-state index in [0.717, 1.165) is 0 Å². The highest BCUT2D eigenvalue weighted by atomic mass is 32.1. The molecular formula is C6H12O2S. The molecule has 0 aromatic heterocycles. The fraction of sp³-hybridized carbons (Fsp3) is 1.00. The Bertz CT molecular complexity index is 97.2. The van der Waals surface area contributed by atoms with Crippen LogP contribution in [-0.2, 0) is 9.47 Å². The monoisotopic (exact) mass is 148 g/mol. The predicted octanol–water partition coefficient (Wildman–Crippen LogP) is 1.07. The van der Waals surface area contributed by atoms with Crippen molar-refractivity contribution in [3.8, 4) is 0 Å². The Morgan fingerprint density at radius 1 is 1.44 bits per heavy atom. The molecule has 2 nitrogen and oxygen atoms in total. The van der Waals surface area contributed by atoms with Crippen molar-refractivity contribution in [3.63, 3.8) is 0 Å². The first-order valence-corrected chi connectivity index (χ1v) is 3.63. The zero-order valence-corrected chi connectivity index (χ0v) is 6.65. The van der Waals surface area contributed by atoms with Gasteiger partial charge in [0.2, 0.25) is 0 Å². The number of hydrogen-bond donors (Lipinski definition) is 1. The molecule has 0 spiro atoms. The van der Waals surface area contributed by atoms with Crippen molar-refractivity contribution < 1.29 is 9.47 Å². The number of thiol groups is 1. The van der Waals surface area contributed by atoms with Gasteiger partial charge in [-0.2, -0.15) is 12.6 Å². The van der Waals surface area contributed by atoms with E-state index in [4.69, 9.17) is 9.47 Å². The molecule has 1 heterocycles. The van der Waals surface area contributed by atoms with Gasteiger partial charge in [-0.1, -0.05) is 0 Å². The van der Waals surface area contributed by atoms with E-state index in [0.29, 0.717) is 13.2 Å². The van der Waals surface area contributed by atoms with E-state index in [2.05, 4.69) is 12.6 Å². The summed E-state index contributed by atoms with van der Waals surface area (Å²) in [6.45, 7) is 5.27. The van der Waals surface area contributed by atoms with Crippen LogP contribution >= 0.6 is 12.6 Å². The topological polar surface area (TPSA) is 18.5 Å². The Morgan fingerprint density at radius 3 is 2.11 bits per heavy atom. The molecule has 0 saturated carbocycles. The van der Waals surface area contributed by atoms with Gasteiger partial charge in [-0.25, -0.2) is 0 Å². The van der Waals surface area contributed by atoms with Crippen molar-refractivity contribution in [3.05, 3.63) is 0 Å². The maximum absolute atomic E-state index is 5.30. The van der Waals surface area contributed by atoms with Gasteiger partial charge in [0.05, 0.1) is 18.5 Å². The van der Waals surface area contributed by atoms with Gasteiger partial charge < -0.3 is 9.47 Å². The van der Waals surface area contributed by atoms with Crippen LogP contribution in [0, 0.1) is 0 Å². The minimum absolute atomic E-state index is 0.139. The molecule has 1 atom stereocenters. The maximum Gasteiger partial charge on any atom is 0.176 e. The van der Waals surface area contributed by atoms with E-state index in [-0.39, 0.29) is 5.25 Å². The van der Waals surface area contributed by atoms with Crippen molar-refractivity contribution in [2.75, 3.05) is 13.2 Å². The summed E-state index contributed by atoms with van der Waals surface area (Å²) < 4.78 is 10.6. The second-order valence-corrected chi connectivity index (χ2v) is 3.16. The van der Waals surface area contributed by atoms with Crippen molar-refractivity contribution in [2.45, 2.75) is 24.9 Å². The number of ether oxygens (including phenoxy) is 2. The lowest BCUT2D eigenvalue weighted by atomic mass is 10.2. The Hall–Kier alpha value is 0.270. The van der Waals surface area contributed by atoms with Crippen LogP contribution in [-0.4, -0.2) is 24.3 Å². The Morgan fingerprint density at radius 2 is 1.89 bits per heavy atom. The first-order chi connectivity index (χ1) is 4.15. The molecule has 54 valence electrons. The van der Waals surface area contributed by atoms with Gasteiger partial charge in [-0.3, -0.25) is 0 Å². The van der Waals surface area contributed by atoms with Gasteiger partial charge in [-0.05, 0) is 13.8 Å². The molecule has 0 bridgehead atoms. The van der Waals surface area contributed by atoms with E-state index in [1.165, 1.54) is 0 Å². The van der Waals surface area contributed by atoms with Crippen molar-refractivity contribution in [1.82, 2.24) is 0 Å². The molecule has 0 aliphatic carbocycles. The minimum Gasteiger partial charge on any atom is -0.347 e. The lowest BCUT2D eigenvalue weighted by molar-refractivity contribution is -0.138. The molecule has 0 aromatic carbocycles. The molecule has 1 unspecified atom stereocenters. The summed E-state index contributed by atoms with van der Waals surface area (Å²) in [5, 5.41) is 0.139. The first-order valence-electron chi connectivity index (χ1n) is 3.11. The smallest absolute Gasteiger partial charge is 0.176 e. The molecule has 0 N–H and O–H groups in total. The molecule has 1 aliphatic rings. The van der Waals surface area contributed by atoms with Crippen LogP contribution in [0.4, 0.5) is 0 Å². The molecular weight excluding hydrogens is 136 g/mol. The SMILES string of the molecule is CC(S)C1(C)OCCO1. The zero-order valence-electron chi connectivity index (χ0n) is 5.76. The lowest BCUT2D eigenvalue weighted by Crippen LogP contribution is -2.34. The molecule has 3 heteroatoms. The summed E-state index contributed by atoms with van der Waals surface area (Å²) in [4.78, 5) is 0. The summed E-state index contributed by atoms with van der Waals surface area (Å²) >= 11 is 4.23. The zero-order chi connectivity index (χ0) is 6.91. The molecule has 1 rings (SSSR count). The van der Waals surface area contributed by atoms with Crippen LogP contribution in [0.15, 0.2) is 0 Å². The Labute approximate surface area is 60.9 Å². The van der Waals surface area contributed by atoms with Gasteiger partial charge in [-0.15, -0.1) is 0 Å². The fourth-order valence-corrected chi connectivity index (χ4v) is 0.921. The standard InChI is InChI=1S/C6H12O2S/c1-5(9)6(2)7-3-4-8-6/h5,9H,3-4H2,1-2H3. The molecule has 0 aromatic rings. The van der Waals surface area contributed by atoms with Crippen molar-refractivity contribution in [2.24, 2.45) is 0 Å². The molecule has 1 saturated heterocycles. The third-order valence-electron chi connectivity index (χ3n) is 1.62. The van der Waals surface area contributed by atoms with E-state index in [1.54, 1.807) is 0 Å². The van der Waals surface area contributed by atoms with Crippen molar-refractivity contribution in [1.29, 1.82) is 0 Å². The Balaban J connectivity index is 2.51. The van der Waals surface area contributed by atoms with Gasteiger partial charge in [0.25, 0.3) is 0 Å². The summed E-state index contributed by atoms with van der Waals surface area (Å²) in [6.07, 6.45) is 0. The minimum atomic E-state index is -0.441. The van der Waals surface area contributed by atoms with Crippen molar-refractivity contribution >= 4 is 12.6 Å². The molecule has 0 amide bonds. The largest absolute Gasteiger partial charge is 0.347 e. The van der Waals surface area contributed by atoms with Gasteiger partial charge in [0, 0.05) is 0 Å². The second-order valence-electron chi connectivity index (χ2n) is 2.39. The molecule has 9 heavy (non-hydrogen) atoms. The fourth-order valence-electron chi connectivity index (χ4n) is 0.772. The van der Waals surface area contributed by atoms with E-state index in [1.807, 2.05) is 13.8 Å². The average molecular weight is 148 g/mol. The molecule has 1 fully saturated rings. The third kappa shape index (κ3) is 1.39. The number of hydrogen-bond acceptors (Lipinski definition) is 3. The van der Waals surface area contributed by atoms with E-state index >= 15 is 0 Å². The highest BCUT2D eigenvalue weighted by molar-refractivity contribution is 7.81. The lowest BCUT2D eigenvalue weighted by Gasteiger charge is -2.25. The van der Waals surface area contributed by atoms with E-state index < -0.39 is 5.79 Å². The predicted molar refractivity (Wildman–Crippen MR) is 38.8 cm³/mol. The normalized spacial score (nSPS) is 28.3. The van der Waals surface area contributed by atoms with Gasteiger partial charge >= 0.3 is 0 Å². The summed E-state index contributed by atoms with van der Waals surface area (Å²) in [6, 6.07) is 0. The van der Waals surface area contributed by atoms with Crippen LogP contribution in [0.5, 0.6) is 0 Å². The highest BCUT2D eigenvalue weighted by Gasteiger charge is 2.34. The van der Waals surface area contributed by atoms with E-state index in [9.17, 15) is 0 Å². The third-order valence-corrected chi connectivity index (χ3v) is 2.09. The second kappa shape index (κ2) is 2.48. The molecule has 0 radical (unpaired) electrons. The quantitative estimate of drug-likeness (QED) is 0.561. The van der Waals surface area contributed by atoms with Crippen LogP contribution < -0.4 is 0 Å². The summed E-state index contributed by atoms with van der Waals surface area (Å²) in [5.41, 5.74) is 0. The summed E-state index contributed by atoms with van der Waals surface area (Å²) in [7, 11) is 0. The Kier molecular flexibility index (Phi) is 2.03. The van der Waals surface area contributed by atoms with Crippen LogP contribution in [0.3, 0.4) is 0 Å². The number of rotatable bonds is 1. The van der Waals surface area contributed by atoms with Gasteiger partial charge in [0.1, 0.15) is 0 Å². The first kappa shape index (κ1) is 7.38. The molecule has 1 aliphatic heterocycles. The average Bonchev–Trinajstić information content (AvgIpc) is 2.16. The van der Waals surface area contributed by atoms with Gasteiger partial charge in [0.15, 0.2) is 5.79 Å².